The number of benzene rings is 2. The van der Waals surface area contributed by atoms with E-state index in [1.807, 2.05) is 36.4 Å². The highest BCUT2D eigenvalue weighted by atomic mass is 14.6. The molecule has 0 bridgehead atoms. The highest BCUT2D eigenvalue weighted by Crippen LogP contribution is 2.13. The first kappa shape index (κ1) is 20.2. The number of hydrogen-bond donors (Lipinski definition) is 6. The normalized spacial score (nSPS) is 10.2. The standard InChI is InChI=1S/2C9H15N3/c10-4-7-1-2-8(5-11)9(3-7)6-12;10-4-7-2-1-3-8(5-11)9(7)6-12/h2*1-3H,4-6,10-12H2. The average Bonchev–Trinajstić information content (AvgIpc) is 2.66. The average molecular weight is 330 g/mol. The summed E-state index contributed by atoms with van der Waals surface area (Å²) in [6.45, 7) is 3.19. The van der Waals surface area contributed by atoms with Crippen molar-refractivity contribution in [2.75, 3.05) is 0 Å². The smallest absolute Gasteiger partial charge is 0.0184 e. The molecule has 6 heteroatoms. The topological polar surface area (TPSA) is 156 Å². The highest BCUT2D eigenvalue weighted by molar-refractivity contribution is 5.35. The Labute approximate surface area is 144 Å². The Morgan fingerprint density at radius 3 is 1.46 bits per heavy atom. The largest absolute Gasteiger partial charge is 0.326 e. The van der Waals surface area contributed by atoms with Crippen LogP contribution < -0.4 is 34.4 Å². The van der Waals surface area contributed by atoms with Gasteiger partial charge in [0.25, 0.3) is 0 Å². The first-order valence-corrected chi connectivity index (χ1v) is 8.05. The van der Waals surface area contributed by atoms with Crippen LogP contribution in [-0.4, -0.2) is 0 Å². The van der Waals surface area contributed by atoms with Crippen molar-refractivity contribution in [3.05, 3.63) is 69.8 Å². The van der Waals surface area contributed by atoms with E-state index in [1.165, 1.54) is 0 Å². The van der Waals surface area contributed by atoms with Crippen LogP contribution in [0.5, 0.6) is 0 Å². The second-order valence-electron chi connectivity index (χ2n) is 5.38. The van der Waals surface area contributed by atoms with Gasteiger partial charge in [0, 0.05) is 39.3 Å². The lowest BCUT2D eigenvalue weighted by Gasteiger charge is -2.09. The maximum atomic E-state index is 5.59. The Hall–Kier alpha value is -1.80. The predicted octanol–water partition coefficient (Wildman–Crippen LogP) is 0.125. The fourth-order valence-corrected chi connectivity index (χ4v) is 2.53. The molecule has 132 valence electrons. The Kier molecular flexibility index (Phi) is 9.18. The molecular weight excluding hydrogens is 300 g/mol. The van der Waals surface area contributed by atoms with E-state index in [1.54, 1.807) is 0 Å². The summed E-state index contributed by atoms with van der Waals surface area (Å²) >= 11 is 0. The van der Waals surface area contributed by atoms with Crippen molar-refractivity contribution in [2.45, 2.75) is 39.3 Å². The lowest BCUT2D eigenvalue weighted by molar-refractivity contribution is 0.929. The van der Waals surface area contributed by atoms with Crippen LogP contribution in [0, 0.1) is 0 Å². The lowest BCUT2D eigenvalue weighted by Crippen LogP contribution is -2.11. The molecule has 0 fully saturated rings. The molecule has 0 aliphatic carbocycles. The third kappa shape index (κ3) is 5.38. The van der Waals surface area contributed by atoms with Crippen molar-refractivity contribution in [3.63, 3.8) is 0 Å². The summed E-state index contributed by atoms with van der Waals surface area (Å²) in [6, 6.07) is 11.9. The van der Waals surface area contributed by atoms with E-state index in [0.717, 1.165) is 33.4 Å². The van der Waals surface area contributed by atoms with Gasteiger partial charge in [0.15, 0.2) is 0 Å². The molecular formula is C18H30N6. The van der Waals surface area contributed by atoms with E-state index < -0.39 is 0 Å². The van der Waals surface area contributed by atoms with Gasteiger partial charge in [0.2, 0.25) is 0 Å². The molecule has 12 N–H and O–H groups in total. The molecule has 0 unspecified atom stereocenters. The summed E-state index contributed by atoms with van der Waals surface area (Å²) in [7, 11) is 0. The molecule has 24 heavy (non-hydrogen) atoms. The highest BCUT2D eigenvalue weighted by Gasteiger charge is 2.03. The molecule has 2 aromatic carbocycles. The van der Waals surface area contributed by atoms with Crippen molar-refractivity contribution in [1.29, 1.82) is 0 Å². The molecule has 0 aromatic heterocycles. The summed E-state index contributed by atoms with van der Waals surface area (Å²) in [5, 5.41) is 0. The number of nitrogens with two attached hydrogens (primary N) is 6. The van der Waals surface area contributed by atoms with Gasteiger partial charge in [-0.2, -0.15) is 0 Å². The summed E-state index contributed by atoms with van der Waals surface area (Å²) < 4.78 is 0. The second-order valence-corrected chi connectivity index (χ2v) is 5.38. The van der Waals surface area contributed by atoms with Gasteiger partial charge >= 0.3 is 0 Å². The maximum absolute atomic E-state index is 5.59. The minimum atomic E-state index is 0.514. The van der Waals surface area contributed by atoms with Crippen LogP contribution in [0.1, 0.15) is 33.4 Å². The molecule has 0 amide bonds. The molecule has 0 saturated carbocycles. The molecule has 2 aromatic rings. The van der Waals surface area contributed by atoms with Gasteiger partial charge in [-0.1, -0.05) is 36.4 Å². The SMILES string of the molecule is NCc1ccc(CN)c(CN)c1.NCc1cccc(CN)c1CN. The van der Waals surface area contributed by atoms with E-state index >= 15 is 0 Å². The van der Waals surface area contributed by atoms with Gasteiger partial charge in [-0.15, -0.1) is 0 Å². The van der Waals surface area contributed by atoms with Crippen LogP contribution in [0.4, 0.5) is 0 Å². The van der Waals surface area contributed by atoms with Gasteiger partial charge in [0.05, 0.1) is 0 Å². The van der Waals surface area contributed by atoms with Crippen molar-refractivity contribution in [1.82, 2.24) is 0 Å². The molecule has 0 saturated heterocycles. The van der Waals surface area contributed by atoms with E-state index in [4.69, 9.17) is 34.4 Å². The van der Waals surface area contributed by atoms with Gasteiger partial charge < -0.3 is 34.4 Å². The Morgan fingerprint density at radius 1 is 0.500 bits per heavy atom. The monoisotopic (exact) mass is 330 g/mol. The van der Waals surface area contributed by atoms with Crippen molar-refractivity contribution < 1.29 is 0 Å². The lowest BCUT2D eigenvalue weighted by atomic mass is 10.0. The van der Waals surface area contributed by atoms with Crippen LogP contribution in [0.3, 0.4) is 0 Å². The third-order valence-electron chi connectivity index (χ3n) is 3.96. The number of rotatable bonds is 6. The van der Waals surface area contributed by atoms with Crippen LogP contribution in [0.15, 0.2) is 36.4 Å². The minimum absolute atomic E-state index is 0.514. The summed E-state index contributed by atoms with van der Waals surface area (Å²) in [5.74, 6) is 0. The zero-order chi connectivity index (χ0) is 17.9. The molecule has 6 nitrogen and oxygen atoms in total. The van der Waals surface area contributed by atoms with Gasteiger partial charge in [-0.05, 0) is 33.4 Å². The fraction of sp³-hybridized carbons (Fsp3) is 0.333. The van der Waals surface area contributed by atoms with Gasteiger partial charge in [-0.3, -0.25) is 0 Å². The van der Waals surface area contributed by atoms with Crippen LogP contribution >= 0.6 is 0 Å². The van der Waals surface area contributed by atoms with Crippen molar-refractivity contribution >= 4 is 0 Å². The molecule has 2 rings (SSSR count). The van der Waals surface area contributed by atoms with E-state index in [-0.39, 0.29) is 0 Å². The zero-order valence-electron chi connectivity index (χ0n) is 14.2. The van der Waals surface area contributed by atoms with E-state index in [0.29, 0.717) is 39.3 Å². The second kappa shape index (κ2) is 10.9. The third-order valence-corrected chi connectivity index (χ3v) is 3.96. The van der Waals surface area contributed by atoms with E-state index in [9.17, 15) is 0 Å². The first-order valence-electron chi connectivity index (χ1n) is 8.05. The van der Waals surface area contributed by atoms with Crippen molar-refractivity contribution in [3.8, 4) is 0 Å². The Morgan fingerprint density at radius 2 is 1.04 bits per heavy atom. The molecule has 0 heterocycles. The van der Waals surface area contributed by atoms with Crippen LogP contribution in [-0.2, 0) is 39.3 Å². The molecule has 0 radical (unpaired) electrons. The quantitative estimate of drug-likeness (QED) is 0.442. The summed E-state index contributed by atoms with van der Waals surface area (Å²) in [4.78, 5) is 0. The molecule has 0 aliphatic heterocycles. The first-order chi connectivity index (χ1) is 11.6. The van der Waals surface area contributed by atoms with Crippen LogP contribution in [0.25, 0.3) is 0 Å². The van der Waals surface area contributed by atoms with Gasteiger partial charge in [-0.25, -0.2) is 0 Å². The Bertz CT molecular complexity index is 602. The minimum Gasteiger partial charge on any atom is -0.326 e. The maximum Gasteiger partial charge on any atom is 0.0184 e. The number of hydrogen-bond acceptors (Lipinski definition) is 6. The van der Waals surface area contributed by atoms with Crippen molar-refractivity contribution in [2.24, 2.45) is 34.4 Å². The van der Waals surface area contributed by atoms with Crippen LogP contribution in [0.2, 0.25) is 0 Å². The van der Waals surface area contributed by atoms with Gasteiger partial charge in [0.1, 0.15) is 0 Å². The van der Waals surface area contributed by atoms with E-state index in [2.05, 4.69) is 0 Å². The summed E-state index contributed by atoms with van der Waals surface area (Å²) in [5.41, 5.74) is 39.9. The molecule has 0 spiro atoms. The Balaban J connectivity index is 0.000000240. The molecule has 0 aliphatic rings. The zero-order valence-corrected chi connectivity index (χ0v) is 14.2. The fourth-order valence-electron chi connectivity index (χ4n) is 2.53. The predicted molar refractivity (Wildman–Crippen MR) is 100 cm³/mol. The summed E-state index contributed by atoms with van der Waals surface area (Å²) in [6.07, 6.45) is 0. The molecule has 0 atom stereocenters.